The van der Waals surface area contributed by atoms with E-state index in [1.54, 1.807) is 0 Å². The molecule has 0 bridgehead atoms. The Morgan fingerprint density at radius 2 is 2.18 bits per heavy atom. The molecule has 0 spiro atoms. The van der Waals surface area contributed by atoms with Gasteiger partial charge in [-0.2, -0.15) is 0 Å². The van der Waals surface area contributed by atoms with Crippen molar-refractivity contribution in [3.05, 3.63) is 46.3 Å². The third kappa shape index (κ3) is 4.21. The van der Waals surface area contributed by atoms with E-state index in [9.17, 15) is 4.79 Å². The third-order valence-electron chi connectivity index (χ3n) is 3.49. The Balaban J connectivity index is 2.13. The van der Waals surface area contributed by atoms with Crippen LogP contribution in [0.3, 0.4) is 0 Å². The van der Waals surface area contributed by atoms with Crippen molar-refractivity contribution in [1.82, 2.24) is 0 Å². The number of carbonyl (C=O) groups excluding carboxylic acids is 1. The molecule has 1 aromatic rings. The molecule has 0 aliphatic carbocycles. The van der Waals surface area contributed by atoms with Crippen molar-refractivity contribution in [2.75, 3.05) is 6.61 Å². The van der Waals surface area contributed by atoms with Crippen LogP contribution in [0.5, 0.6) is 0 Å². The van der Waals surface area contributed by atoms with Gasteiger partial charge in [0.15, 0.2) is 6.10 Å². The van der Waals surface area contributed by atoms with Crippen LogP contribution in [0, 0.1) is 0 Å². The van der Waals surface area contributed by atoms with Gasteiger partial charge < -0.3 is 14.2 Å². The summed E-state index contributed by atoms with van der Waals surface area (Å²) < 4.78 is 16.7. The van der Waals surface area contributed by atoms with E-state index in [4.69, 9.17) is 19.7 Å². The van der Waals surface area contributed by atoms with Gasteiger partial charge in [-0.1, -0.05) is 35.4 Å². The number of rotatable bonds is 5. The Bertz CT molecular complexity index is 545. The van der Waals surface area contributed by atoms with Crippen LogP contribution in [0.4, 0.5) is 0 Å². The summed E-state index contributed by atoms with van der Waals surface area (Å²) in [6.45, 7) is 3.70. The fourth-order valence-corrected chi connectivity index (χ4v) is 2.43. The van der Waals surface area contributed by atoms with Crippen LogP contribution in [0.25, 0.3) is 10.4 Å². The van der Waals surface area contributed by atoms with E-state index in [0.29, 0.717) is 6.61 Å². The first-order chi connectivity index (χ1) is 10.6. The highest BCUT2D eigenvalue weighted by Gasteiger charge is 2.40. The maximum Gasteiger partial charge on any atom is 0.303 e. The van der Waals surface area contributed by atoms with Crippen molar-refractivity contribution in [3.8, 4) is 0 Å². The highest BCUT2D eigenvalue weighted by atomic mass is 16.6. The average molecular weight is 305 g/mol. The number of nitrogens with zero attached hydrogens (tertiary/aromatic N) is 3. The summed E-state index contributed by atoms with van der Waals surface area (Å²) in [4.78, 5) is 14.1. The van der Waals surface area contributed by atoms with E-state index in [-0.39, 0.29) is 12.7 Å². The molecule has 1 fully saturated rings. The number of benzene rings is 1. The van der Waals surface area contributed by atoms with E-state index >= 15 is 0 Å². The Kier molecular flexibility index (Phi) is 5.77. The summed E-state index contributed by atoms with van der Waals surface area (Å²) in [5.74, 6) is -0.420. The predicted molar refractivity (Wildman–Crippen MR) is 78.9 cm³/mol. The highest BCUT2D eigenvalue weighted by molar-refractivity contribution is 5.66. The Labute approximate surface area is 128 Å². The van der Waals surface area contributed by atoms with E-state index in [2.05, 4.69) is 10.0 Å². The number of hydrogen-bond acceptors (Lipinski definition) is 5. The predicted octanol–water partition coefficient (Wildman–Crippen LogP) is 2.60. The molecule has 0 N–H and O–H groups in total. The SMILES string of the molecule is CC(=O)O[C@@H]1CO[C@H](C)[C@@H](N=[N+]=[N-])[C@@H]1OCc1ccccc1. The third-order valence-corrected chi connectivity index (χ3v) is 3.49. The van der Waals surface area contributed by atoms with E-state index in [1.807, 2.05) is 37.3 Å². The van der Waals surface area contributed by atoms with Gasteiger partial charge in [-0.3, -0.25) is 4.79 Å². The maximum absolute atomic E-state index is 11.2. The van der Waals surface area contributed by atoms with Crippen LogP contribution in [0.1, 0.15) is 19.4 Å². The quantitative estimate of drug-likeness (QED) is 0.361. The average Bonchev–Trinajstić information content (AvgIpc) is 2.50. The van der Waals surface area contributed by atoms with Crippen LogP contribution in [-0.4, -0.2) is 36.9 Å². The van der Waals surface area contributed by atoms with Gasteiger partial charge in [-0.05, 0) is 18.0 Å². The lowest BCUT2D eigenvalue weighted by molar-refractivity contribution is -0.185. The molecular weight excluding hydrogens is 286 g/mol. The summed E-state index contributed by atoms with van der Waals surface area (Å²) in [6, 6.07) is 9.08. The fraction of sp³-hybridized carbons (Fsp3) is 0.533. The number of carbonyl (C=O) groups is 1. The molecule has 0 amide bonds. The summed E-state index contributed by atoms with van der Waals surface area (Å²) >= 11 is 0. The molecule has 1 aliphatic rings. The number of ether oxygens (including phenoxy) is 3. The second-order valence-electron chi connectivity index (χ2n) is 5.14. The molecule has 4 atom stereocenters. The number of hydrogen-bond donors (Lipinski definition) is 0. The van der Waals surface area contributed by atoms with Crippen LogP contribution < -0.4 is 0 Å². The van der Waals surface area contributed by atoms with Crippen LogP contribution in [-0.2, 0) is 25.6 Å². The lowest BCUT2D eigenvalue weighted by Crippen LogP contribution is -2.53. The zero-order valence-corrected chi connectivity index (χ0v) is 12.6. The summed E-state index contributed by atoms with van der Waals surface area (Å²) in [5.41, 5.74) is 9.74. The minimum absolute atomic E-state index is 0.220. The molecule has 7 nitrogen and oxygen atoms in total. The summed E-state index contributed by atoms with van der Waals surface area (Å²) in [5, 5.41) is 3.76. The summed E-state index contributed by atoms with van der Waals surface area (Å²) in [7, 11) is 0. The molecule has 118 valence electrons. The molecule has 0 radical (unpaired) electrons. The van der Waals surface area contributed by atoms with Gasteiger partial charge >= 0.3 is 5.97 Å². The van der Waals surface area contributed by atoms with Gasteiger partial charge in [-0.15, -0.1) is 0 Å². The van der Waals surface area contributed by atoms with Crippen molar-refractivity contribution < 1.29 is 19.0 Å². The molecule has 1 aliphatic heterocycles. The zero-order valence-electron chi connectivity index (χ0n) is 12.6. The van der Waals surface area contributed by atoms with Crippen molar-refractivity contribution in [1.29, 1.82) is 0 Å². The maximum atomic E-state index is 11.2. The normalized spacial score (nSPS) is 27.7. The van der Waals surface area contributed by atoms with Gasteiger partial charge in [0, 0.05) is 11.8 Å². The first-order valence-corrected chi connectivity index (χ1v) is 7.10. The largest absolute Gasteiger partial charge is 0.457 e. The molecule has 0 unspecified atom stereocenters. The standard InChI is InChI=1S/C15H19N3O4/c1-10-14(17-18-16)15(13(9-20-10)22-11(2)19)21-8-12-6-4-3-5-7-12/h3-7,10,13-15H,8-9H2,1-2H3/t10-,13-,14-,15-/m1/s1. The van der Waals surface area contributed by atoms with Crippen LogP contribution >= 0.6 is 0 Å². The van der Waals surface area contributed by atoms with Gasteiger partial charge in [0.25, 0.3) is 0 Å². The number of esters is 1. The van der Waals surface area contributed by atoms with Crippen molar-refractivity contribution in [2.24, 2.45) is 5.11 Å². The van der Waals surface area contributed by atoms with Gasteiger partial charge in [0.1, 0.15) is 6.10 Å². The topological polar surface area (TPSA) is 93.5 Å². The monoisotopic (exact) mass is 305 g/mol. The molecule has 7 heteroatoms. The Morgan fingerprint density at radius 3 is 2.82 bits per heavy atom. The van der Waals surface area contributed by atoms with E-state index in [1.165, 1.54) is 6.92 Å². The van der Waals surface area contributed by atoms with Gasteiger partial charge in [0.05, 0.1) is 25.4 Å². The Hall–Kier alpha value is -2.08. The molecule has 1 heterocycles. The minimum atomic E-state index is -0.590. The smallest absolute Gasteiger partial charge is 0.303 e. The number of azide groups is 1. The lowest BCUT2D eigenvalue weighted by atomic mass is 9.98. The molecule has 22 heavy (non-hydrogen) atoms. The van der Waals surface area contributed by atoms with Crippen LogP contribution in [0.15, 0.2) is 35.4 Å². The molecular formula is C15H19N3O4. The van der Waals surface area contributed by atoms with Crippen LogP contribution in [0.2, 0.25) is 0 Å². The van der Waals surface area contributed by atoms with Crippen molar-refractivity contribution >= 4 is 5.97 Å². The Morgan fingerprint density at radius 1 is 1.45 bits per heavy atom. The molecule has 2 rings (SSSR count). The zero-order chi connectivity index (χ0) is 15.9. The molecule has 0 aromatic heterocycles. The van der Waals surface area contributed by atoms with Gasteiger partial charge in [0.2, 0.25) is 0 Å². The highest BCUT2D eigenvalue weighted by Crippen LogP contribution is 2.24. The summed E-state index contributed by atoms with van der Waals surface area (Å²) in [6.07, 6.45) is -1.43. The first kappa shape index (κ1) is 16.3. The molecule has 1 saturated heterocycles. The lowest BCUT2D eigenvalue weighted by Gasteiger charge is -2.38. The fourth-order valence-electron chi connectivity index (χ4n) is 2.43. The van der Waals surface area contributed by atoms with Gasteiger partial charge in [-0.25, -0.2) is 0 Å². The minimum Gasteiger partial charge on any atom is -0.457 e. The van der Waals surface area contributed by atoms with Crippen molar-refractivity contribution in [2.45, 2.75) is 44.8 Å². The molecule has 0 saturated carbocycles. The second-order valence-corrected chi connectivity index (χ2v) is 5.14. The first-order valence-electron chi connectivity index (χ1n) is 7.10. The van der Waals surface area contributed by atoms with E-state index < -0.39 is 24.2 Å². The van der Waals surface area contributed by atoms with Crippen molar-refractivity contribution in [3.63, 3.8) is 0 Å². The molecule has 1 aromatic carbocycles. The van der Waals surface area contributed by atoms with E-state index in [0.717, 1.165) is 5.56 Å². The second kappa shape index (κ2) is 7.79.